The van der Waals surface area contributed by atoms with E-state index in [9.17, 15) is 4.79 Å². The fourth-order valence-corrected chi connectivity index (χ4v) is 1.73. The van der Waals surface area contributed by atoms with Gasteiger partial charge in [-0.2, -0.15) is 0 Å². The maximum absolute atomic E-state index is 10.4. The van der Waals surface area contributed by atoms with Crippen LogP contribution in [0.1, 0.15) is 11.1 Å². The Hall–Kier alpha value is -2.75. The number of carboxylic acids is 1. The van der Waals surface area contributed by atoms with E-state index >= 15 is 0 Å². The summed E-state index contributed by atoms with van der Waals surface area (Å²) in [6.07, 6.45) is 2.64. The van der Waals surface area contributed by atoms with Crippen molar-refractivity contribution in [3.8, 4) is 11.5 Å². The van der Waals surface area contributed by atoms with Crippen molar-refractivity contribution in [2.24, 2.45) is 0 Å². The maximum Gasteiger partial charge on any atom is 0.328 e. The van der Waals surface area contributed by atoms with Crippen LogP contribution >= 0.6 is 0 Å². The molecule has 2 rings (SSSR count). The summed E-state index contributed by atoms with van der Waals surface area (Å²) in [5.41, 5.74) is 1.86. The third-order valence-corrected chi connectivity index (χ3v) is 2.86. The molecule has 0 saturated heterocycles. The molecule has 0 aliphatic rings. The van der Waals surface area contributed by atoms with Gasteiger partial charge >= 0.3 is 5.97 Å². The standard InChI is InChI=1S/C17H16O4/c1-20-15-7-4-14(5-8-15)12-21-16-9-2-13(3-10-16)6-11-17(18)19/h2-11H,12H2,1H3,(H,18,19)/b11-6-. The molecule has 2 aromatic carbocycles. The Morgan fingerprint density at radius 2 is 1.67 bits per heavy atom. The molecule has 108 valence electrons. The third kappa shape index (κ3) is 4.69. The van der Waals surface area contributed by atoms with Crippen molar-refractivity contribution in [2.75, 3.05) is 7.11 Å². The van der Waals surface area contributed by atoms with Crippen LogP contribution in [0.15, 0.2) is 54.6 Å². The molecular weight excluding hydrogens is 268 g/mol. The zero-order valence-electron chi connectivity index (χ0n) is 11.7. The summed E-state index contributed by atoms with van der Waals surface area (Å²) in [6, 6.07) is 14.9. The van der Waals surface area contributed by atoms with Crippen molar-refractivity contribution < 1.29 is 19.4 Å². The van der Waals surface area contributed by atoms with E-state index in [1.165, 1.54) is 6.08 Å². The predicted molar refractivity (Wildman–Crippen MR) is 80.4 cm³/mol. The van der Waals surface area contributed by atoms with Gasteiger partial charge in [-0.3, -0.25) is 0 Å². The lowest BCUT2D eigenvalue weighted by Crippen LogP contribution is -1.95. The van der Waals surface area contributed by atoms with Gasteiger partial charge in [-0.05, 0) is 41.5 Å². The van der Waals surface area contributed by atoms with Crippen molar-refractivity contribution >= 4 is 12.0 Å². The Morgan fingerprint density at radius 3 is 2.24 bits per heavy atom. The lowest BCUT2D eigenvalue weighted by atomic mass is 10.2. The molecule has 1 N–H and O–H groups in total. The Kier molecular flexibility index (Phi) is 4.99. The van der Waals surface area contributed by atoms with Gasteiger partial charge in [0, 0.05) is 6.08 Å². The van der Waals surface area contributed by atoms with Crippen molar-refractivity contribution in [2.45, 2.75) is 6.61 Å². The van der Waals surface area contributed by atoms with Gasteiger partial charge in [-0.15, -0.1) is 0 Å². The van der Waals surface area contributed by atoms with E-state index in [2.05, 4.69) is 0 Å². The van der Waals surface area contributed by atoms with Crippen molar-refractivity contribution in [1.29, 1.82) is 0 Å². The molecular formula is C17H16O4. The number of hydrogen-bond donors (Lipinski definition) is 1. The predicted octanol–water partition coefficient (Wildman–Crippen LogP) is 3.37. The lowest BCUT2D eigenvalue weighted by Gasteiger charge is -2.07. The summed E-state index contributed by atoms with van der Waals surface area (Å²) < 4.78 is 10.8. The second-order valence-corrected chi connectivity index (χ2v) is 4.38. The molecule has 0 atom stereocenters. The first-order chi connectivity index (χ1) is 10.2. The molecule has 4 heteroatoms. The molecule has 0 amide bonds. The van der Waals surface area contributed by atoms with Gasteiger partial charge in [-0.1, -0.05) is 24.3 Å². The van der Waals surface area contributed by atoms with E-state index in [4.69, 9.17) is 14.6 Å². The van der Waals surface area contributed by atoms with Gasteiger partial charge in [0.05, 0.1) is 7.11 Å². The fraction of sp³-hybridized carbons (Fsp3) is 0.118. The molecule has 0 fully saturated rings. The minimum atomic E-state index is -0.963. The maximum atomic E-state index is 10.4. The van der Waals surface area contributed by atoms with E-state index in [0.717, 1.165) is 28.7 Å². The van der Waals surface area contributed by atoms with Crippen LogP contribution in [0.5, 0.6) is 11.5 Å². The summed E-state index contributed by atoms with van der Waals surface area (Å²) >= 11 is 0. The molecule has 0 aromatic heterocycles. The molecule has 0 saturated carbocycles. The highest BCUT2D eigenvalue weighted by Gasteiger charge is 1.97. The van der Waals surface area contributed by atoms with Gasteiger partial charge < -0.3 is 14.6 Å². The molecule has 0 bridgehead atoms. The number of carboxylic acid groups (broad SMARTS) is 1. The van der Waals surface area contributed by atoms with E-state index in [0.29, 0.717) is 6.61 Å². The van der Waals surface area contributed by atoms with Gasteiger partial charge in [0.25, 0.3) is 0 Å². The number of ether oxygens (including phenoxy) is 2. The Morgan fingerprint density at radius 1 is 1.05 bits per heavy atom. The topological polar surface area (TPSA) is 55.8 Å². The van der Waals surface area contributed by atoms with Crippen molar-refractivity contribution in [3.63, 3.8) is 0 Å². The van der Waals surface area contributed by atoms with Crippen LogP contribution in [0.25, 0.3) is 6.08 Å². The highest BCUT2D eigenvalue weighted by atomic mass is 16.5. The van der Waals surface area contributed by atoms with Crippen LogP contribution in [0.4, 0.5) is 0 Å². The van der Waals surface area contributed by atoms with E-state index < -0.39 is 5.97 Å². The van der Waals surface area contributed by atoms with E-state index in [1.54, 1.807) is 7.11 Å². The fourth-order valence-electron chi connectivity index (χ4n) is 1.73. The van der Waals surface area contributed by atoms with Crippen LogP contribution in [0, 0.1) is 0 Å². The number of hydrogen-bond acceptors (Lipinski definition) is 3. The summed E-state index contributed by atoms with van der Waals surface area (Å²) in [6.45, 7) is 0.467. The normalized spacial score (nSPS) is 10.5. The number of benzene rings is 2. The van der Waals surface area contributed by atoms with E-state index in [1.807, 2.05) is 48.5 Å². The van der Waals surface area contributed by atoms with Gasteiger partial charge in [0.2, 0.25) is 0 Å². The van der Waals surface area contributed by atoms with Gasteiger partial charge in [0.1, 0.15) is 18.1 Å². The summed E-state index contributed by atoms with van der Waals surface area (Å²) in [4.78, 5) is 10.4. The zero-order chi connectivity index (χ0) is 15.1. The van der Waals surface area contributed by atoms with Crippen LogP contribution in [0.3, 0.4) is 0 Å². The minimum Gasteiger partial charge on any atom is -0.497 e. The highest BCUT2D eigenvalue weighted by Crippen LogP contribution is 2.16. The molecule has 21 heavy (non-hydrogen) atoms. The summed E-state index contributed by atoms with van der Waals surface area (Å²) in [5.74, 6) is 0.585. The minimum absolute atomic E-state index is 0.467. The van der Waals surface area contributed by atoms with Crippen LogP contribution < -0.4 is 9.47 Å². The number of methoxy groups -OCH3 is 1. The molecule has 0 spiro atoms. The van der Waals surface area contributed by atoms with Gasteiger partial charge in [-0.25, -0.2) is 4.79 Å². The van der Waals surface area contributed by atoms with Crippen molar-refractivity contribution in [1.82, 2.24) is 0 Å². The van der Waals surface area contributed by atoms with Gasteiger partial charge in [0.15, 0.2) is 0 Å². The largest absolute Gasteiger partial charge is 0.497 e. The number of aliphatic carboxylic acids is 1. The quantitative estimate of drug-likeness (QED) is 0.826. The van der Waals surface area contributed by atoms with Crippen LogP contribution in [-0.2, 0) is 11.4 Å². The Bertz CT molecular complexity index is 612. The smallest absolute Gasteiger partial charge is 0.328 e. The van der Waals surface area contributed by atoms with Crippen LogP contribution in [0.2, 0.25) is 0 Å². The molecule has 0 aliphatic heterocycles. The van der Waals surface area contributed by atoms with Crippen molar-refractivity contribution in [3.05, 3.63) is 65.7 Å². The molecule has 0 aliphatic carbocycles. The first-order valence-electron chi connectivity index (χ1n) is 6.44. The monoisotopic (exact) mass is 284 g/mol. The average Bonchev–Trinajstić information content (AvgIpc) is 2.52. The molecule has 4 nitrogen and oxygen atoms in total. The highest BCUT2D eigenvalue weighted by molar-refractivity contribution is 5.85. The molecule has 2 aromatic rings. The van der Waals surface area contributed by atoms with E-state index in [-0.39, 0.29) is 0 Å². The summed E-state index contributed by atoms with van der Waals surface area (Å²) in [5, 5.41) is 8.56. The number of rotatable bonds is 6. The zero-order valence-corrected chi connectivity index (χ0v) is 11.7. The second-order valence-electron chi connectivity index (χ2n) is 4.38. The first kappa shape index (κ1) is 14.7. The van der Waals surface area contributed by atoms with Crippen LogP contribution in [-0.4, -0.2) is 18.2 Å². The Labute approximate surface area is 123 Å². The SMILES string of the molecule is COc1ccc(COc2ccc(/C=C\C(=O)O)cc2)cc1. The molecule has 0 heterocycles. The average molecular weight is 284 g/mol. The second kappa shape index (κ2) is 7.14. The molecule has 0 radical (unpaired) electrons. The first-order valence-corrected chi connectivity index (χ1v) is 6.44. The summed E-state index contributed by atoms with van der Waals surface area (Å²) in [7, 11) is 1.63. The lowest BCUT2D eigenvalue weighted by molar-refractivity contribution is -0.131. The third-order valence-electron chi connectivity index (χ3n) is 2.86. The number of carbonyl (C=O) groups is 1. The molecule has 0 unspecified atom stereocenters. The Balaban J connectivity index is 1.92.